The average molecular weight is 333 g/mol. The smallest absolute Gasteiger partial charge is 0.345 e. The molecule has 0 radical (unpaired) electrons. The number of hydrogen-bond donors (Lipinski definition) is 0. The molecule has 1 aliphatic rings. The zero-order valence-corrected chi connectivity index (χ0v) is 16.6. The Balaban J connectivity index is 2.44. The van der Waals surface area contributed by atoms with E-state index in [0.29, 0.717) is 11.5 Å². The maximum Gasteiger partial charge on any atom is 0.345 e. The first-order chi connectivity index (χ1) is 10.9. The topological polar surface area (TPSA) is 18.5 Å². The first kappa shape index (κ1) is 18.4. The van der Waals surface area contributed by atoms with Crippen LogP contribution in [0.3, 0.4) is 0 Å². The Morgan fingerprint density at radius 3 is 2.26 bits per heavy atom. The standard InChI is InChI=1S/C20H32O2Si/c1-7-16(8-2)15-23(21-5,22-6)19-14-13-17-11-9-10-12-18(17)20(19,3)4/h9-14,16,19H,7-8,15H2,1-6H3. The minimum atomic E-state index is -2.34. The molecule has 0 spiro atoms. The van der Waals surface area contributed by atoms with Gasteiger partial charge in [-0.05, 0) is 28.5 Å². The van der Waals surface area contributed by atoms with Crippen molar-refractivity contribution >= 4 is 14.6 Å². The normalized spacial score (nSPS) is 19.9. The number of benzene rings is 1. The minimum Gasteiger partial charge on any atom is -0.397 e. The molecule has 1 aromatic rings. The van der Waals surface area contributed by atoms with Crippen LogP contribution in [0.5, 0.6) is 0 Å². The fraction of sp³-hybridized carbons (Fsp3) is 0.600. The predicted molar refractivity (Wildman–Crippen MR) is 101 cm³/mol. The lowest BCUT2D eigenvalue weighted by Gasteiger charge is -2.46. The third kappa shape index (κ3) is 3.33. The third-order valence-corrected chi connectivity index (χ3v) is 10.2. The van der Waals surface area contributed by atoms with Gasteiger partial charge in [-0.3, -0.25) is 0 Å². The van der Waals surface area contributed by atoms with Gasteiger partial charge in [0.2, 0.25) is 0 Å². The molecule has 3 heteroatoms. The van der Waals surface area contributed by atoms with Crippen molar-refractivity contribution in [1.82, 2.24) is 0 Å². The molecule has 0 saturated heterocycles. The summed E-state index contributed by atoms with van der Waals surface area (Å²) in [7, 11) is 1.36. The molecule has 2 rings (SSSR count). The quantitative estimate of drug-likeness (QED) is 0.611. The Morgan fingerprint density at radius 2 is 1.70 bits per heavy atom. The van der Waals surface area contributed by atoms with Crippen LogP contribution in [0.4, 0.5) is 0 Å². The highest BCUT2D eigenvalue weighted by Crippen LogP contribution is 2.50. The zero-order valence-electron chi connectivity index (χ0n) is 15.6. The number of rotatable bonds is 7. The number of hydrogen-bond acceptors (Lipinski definition) is 2. The van der Waals surface area contributed by atoms with Crippen molar-refractivity contribution in [2.75, 3.05) is 14.2 Å². The number of fused-ring (bicyclic) bond motifs is 1. The van der Waals surface area contributed by atoms with Gasteiger partial charge in [0, 0.05) is 19.8 Å². The highest BCUT2D eigenvalue weighted by atomic mass is 28.4. The molecule has 0 N–H and O–H groups in total. The van der Waals surface area contributed by atoms with Crippen LogP contribution in [0.25, 0.3) is 6.08 Å². The molecule has 0 aromatic heterocycles. The lowest BCUT2D eigenvalue weighted by molar-refractivity contribution is 0.210. The summed E-state index contributed by atoms with van der Waals surface area (Å²) < 4.78 is 12.4. The summed E-state index contributed by atoms with van der Waals surface area (Å²) in [5.74, 6) is 0.669. The Bertz CT molecular complexity index is 542. The van der Waals surface area contributed by atoms with Crippen molar-refractivity contribution < 1.29 is 8.85 Å². The van der Waals surface area contributed by atoms with E-state index in [2.05, 4.69) is 64.1 Å². The Morgan fingerprint density at radius 1 is 1.09 bits per heavy atom. The van der Waals surface area contributed by atoms with Gasteiger partial charge in [0.15, 0.2) is 0 Å². The maximum absolute atomic E-state index is 6.18. The van der Waals surface area contributed by atoms with Gasteiger partial charge >= 0.3 is 8.56 Å². The van der Waals surface area contributed by atoms with E-state index < -0.39 is 8.56 Å². The van der Waals surface area contributed by atoms with Crippen LogP contribution >= 0.6 is 0 Å². The van der Waals surface area contributed by atoms with E-state index in [9.17, 15) is 0 Å². The molecule has 2 nitrogen and oxygen atoms in total. The second-order valence-corrected chi connectivity index (χ2v) is 10.7. The van der Waals surface area contributed by atoms with Crippen LogP contribution in [0.1, 0.15) is 51.7 Å². The molecule has 1 aliphatic carbocycles. The zero-order chi connectivity index (χ0) is 17.1. The molecule has 1 unspecified atom stereocenters. The summed E-state index contributed by atoms with van der Waals surface area (Å²) in [6, 6.07) is 9.77. The van der Waals surface area contributed by atoms with Crippen LogP contribution in [0, 0.1) is 5.92 Å². The van der Waals surface area contributed by atoms with Crippen molar-refractivity contribution in [3.05, 3.63) is 41.5 Å². The lowest BCUT2D eigenvalue weighted by atomic mass is 9.75. The van der Waals surface area contributed by atoms with Crippen molar-refractivity contribution in [3.8, 4) is 0 Å². The molecular formula is C20H32O2Si. The van der Waals surface area contributed by atoms with Crippen LogP contribution in [0.15, 0.2) is 30.3 Å². The Hall–Kier alpha value is -0.903. The van der Waals surface area contributed by atoms with Crippen LogP contribution in [-0.4, -0.2) is 22.8 Å². The first-order valence-corrected chi connectivity index (χ1v) is 10.9. The molecular weight excluding hydrogens is 300 g/mol. The predicted octanol–water partition coefficient (Wildman–Crippen LogP) is 5.53. The van der Waals surface area contributed by atoms with Crippen LogP contribution < -0.4 is 0 Å². The Kier molecular flexibility index (Phi) is 5.87. The van der Waals surface area contributed by atoms with Gasteiger partial charge in [-0.25, -0.2) is 0 Å². The summed E-state index contributed by atoms with van der Waals surface area (Å²) in [6.07, 6.45) is 6.98. The van der Waals surface area contributed by atoms with Crippen molar-refractivity contribution in [1.29, 1.82) is 0 Å². The lowest BCUT2D eigenvalue weighted by Crippen LogP contribution is -2.52. The summed E-state index contributed by atoms with van der Waals surface area (Å²) >= 11 is 0. The second-order valence-electron chi connectivity index (χ2n) is 7.25. The second kappa shape index (κ2) is 7.33. The summed E-state index contributed by atoms with van der Waals surface area (Å²) in [5.41, 5.74) is 3.07. The molecule has 0 amide bonds. The fourth-order valence-corrected chi connectivity index (χ4v) is 8.43. The van der Waals surface area contributed by atoms with E-state index in [1.54, 1.807) is 0 Å². The molecule has 0 aliphatic heterocycles. The minimum absolute atomic E-state index is 0.0234. The van der Waals surface area contributed by atoms with Gasteiger partial charge < -0.3 is 8.85 Å². The third-order valence-electron chi connectivity index (χ3n) is 5.79. The van der Waals surface area contributed by atoms with E-state index in [0.717, 1.165) is 6.04 Å². The highest BCUT2D eigenvalue weighted by molar-refractivity contribution is 6.70. The molecule has 0 heterocycles. The molecule has 23 heavy (non-hydrogen) atoms. The molecule has 1 atom stereocenters. The summed E-state index contributed by atoms with van der Waals surface area (Å²) in [6.45, 7) is 9.23. The van der Waals surface area contributed by atoms with Crippen LogP contribution in [-0.2, 0) is 14.3 Å². The summed E-state index contributed by atoms with van der Waals surface area (Å²) in [4.78, 5) is 0. The number of allylic oxidation sites excluding steroid dienone is 1. The van der Waals surface area contributed by atoms with Gasteiger partial charge in [0.1, 0.15) is 0 Å². The van der Waals surface area contributed by atoms with E-state index in [1.165, 1.54) is 24.0 Å². The highest BCUT2D eigenvalue weighted by Gasteiger charge is 2.52. The SMILES string of the molecule is CCC(CC)C[Si](OC)(OC)C1C=Cc2ccccc2C1(C)C. The average Bonchev–Trinajstić information content (AvgIpc) is 2.57. The van der Waals surface area contributed by atoms with E-state index in [-0.39, 0.29) is 5.41 Å². The molecule has 0 fully saturated rings. The van der Waals surface area contributed by atoms with E-state index in [1.807, 2.05) is 14.2 Å². The van der Waals surface area contributed by atoms with Crippen LogP contribution in [0.2, 0.25) is 11.6 Å². The largest absolute Gasteiger partial charge is 0.397 e. The van der Waals surface area contributed by atoms with Gasteiger partial charge in [-0.2, -0.15) is 0 Å². The van der Waals surface area contributed by atoms with Gasteiger partial charge in [0.25, 0.3) is 0 Å². The molecule has 128 valence electrons. The van der Waals surface area contributed by atoms with Gasteiger partial charge in [-0.1, -0.05) is 77.0 Å². The van der Waals surface area contributed by atoms with Crippen molar-refractivity contribution in [2.24, 2.45) is 5.92 Å². The van der Waals surface area contributed by atoms with Gasteiger partial charge in [-0.15, -0.1) is 0 Å². The Labute approximate surface area is 143 Å². The monoisotopic (exact) mass is 332 g/mol. The molecule has 1 aromatic carbocycles. The van der Waals surface area contributed by atoms with Crippen molar-refractivity contribution in [3.63, 3.8) is 0 Å². The molecule has 0 saturated carbocycles. The molecule has 0 bridgehead atoms. The van der Waals surface area contributed by atoms with Gasteiger partial charge in [0.05, 0.1) is 0 Å². The summed E-state index contributed by atoms with van der Waals surface area (Å²) in [5, 5.41) is 0. The van der Waals surface area contributed by atoms with Crippen molar-refractivity contribution in [2.45, 2.75) is 57.5 Å². The van der Waals surface area contributed by atoms with E-state index >= 15 is 0 Å². The maximum atomic E-state index is 6.18. The first-order valence-electron chi connectivity index (χ1n) is 8.83. The fourth-order valence-electron chi connectivity index (χ4n) is 4.14. The van der Waals surface area contributed by atoms with E-state index in [4.69, 9.17) is 8.85 Å².